The van der Waals surface area contributed by atoms with E-state index in [1.54, 1.807) is 0 Å². The number of aliphatic hydroxyl groups excluding tert-OH is 1. The van der Waals surface area contributed by atoms with E-state index in [1.807, 2.05) is 0 Å². The van der Waals surface area contributed by atoms with Crippen LogP contribution in [0.4, 0.5) is 0 Å². The minimum Gasteiger partial charge on any atom is -0.393 e. The predicted octanol–water partition coefficient (Wildman–Crippen LogP) is 0.972. The van der Waals surface area contributed by atoms with E-state index in [4.69, 9.17) is 0 Å². The molecular formula is C9H18O3S. The van der Waals surface area contributed by atoms with E-state index in [2.05, 4.69) is 6.92 Å². The molecule has 4 heteroatoms. The van der Waals surface area contributed by atoms with Gasteiger partial charge in [0.1, 0.15) is 9.84 Å². The lowest BCUT2D eigenvalue weighted by atomic mass is 9.98. The van der Waals surface area contributed by atoms with Gasteiger partial charge < -0.3 is 5.11 Å². The van der Waals surface area contributed by atoms with Gasteiger partial charge >= 0.3 is 0 Å². The van der Waals surface area contributed by atoms with Gasteiger partial charge in [-0.3, -0.25) is 0 Å². The molecule has 0 saturated heterocycles. The molecule has 1 atom stereocenters. The zero-order valence-electron chi connectivity index (χ0n) is 8.28. The quantitative estimate of drug-likeness (QED) is 0.729. The molecule has 0 aliphatic heterocycles. The Morgan fingerprint density at radius 1 is 1.46 bits per heavy atom. The summed E-state index contributed by atoms with van der Waals surface area (Å²) in [6.45, 7) is 2.05. The lowest BCUT2D eigenvalue weighted by Crippen LogP contribution is -2.19. The summed E-state index contributed by atoms with van der Waals surface area (Å²) in [5, 5.41) is 9.65. The van der Waals surface area contributed by atoms with Crippen LogP contribution in [0.2, 0.25) is 0 Å². The molecule has 1 saturated carbocycles. The van der Waals surface area contributed by atoms with Crippen molar-refractivity contribution in [2.24, 2.45) is 5.41 Å². The monoisotopic (exact) mass is 206 g/mol. The van der Waals surface area contributed by atoms with Crippen molar-refractivity contribution in [1.82, 2.24) is 0 Å². The Kier molecular flexibility index (Phi) is 3.02. The first kappa shape index (κ1) is 11.0. The molecule has 1 aliphatic carbocycles. The Bertz CT molecular complexity index is 265. The highest BCUT2D eigenvalue weighted by Crippen LogP contribution is 2.49. The highest BCUT2D eigenvalue weighted by molar-refractivity contribution is 7.90. The van der Waals surface area contributed by atoms with Gasteiger partial charge in [-0.15, -0.1) is 0 Å². The van der Waals surface area contributed by atoms with Crippen LogP contribution in [0.15, 0.2) is 0 Å². The molecule has 13 heavy (non-hydrogen) atoms. The summed E-state index contributed by atoms with van der Waals surface area (Å²) in [7, 11) is -2.86. The molecule has 0 bridgehead atoms. The maximum absolute atomic E-state index is 10.8. The molecule has 0 heterocycles. The zero-order valence-corrected chi connectivity index (χ0v) is 9.10. The predicted molar refractivity (Wildman–Crippen MR) is 52.3 cm³/mol. The van der Waals surface area contributed by atoms with Gasteiger partial charge in [-0.25, -0.2) is 8.42 Å². The maximum atomic E-state index is 10.8. The fourth-order valence-electron chi connectivity index (χ4n) is 1.42. The molecule has 1 N–H and O–H groups in total. The summed E-state index contributed by atoms with van der Waals surface area (Å²) < 4.78 is 21.6. The highest BCUT2D eigenvalue weighted by Gasteiger charge is 2.43. The van der Waals surface area contributed by atoms with Crippen LogP contribution in [0.1, 0.15) is 32.6 Å². The summed E-state index contributed by atoms with van der Waals surface area (Å²) in [5.41, 5.74) is 0.0947. The first-order valence-corrected chi connectivity index (χ1v) is 6.75. The van der Waals surface area contributed by atoms with Gasteiger partial charge in [0, 0.05) is 12.0 Å². The van der Waals surface area contributed by atoms with Gasteiger partial charge in [0.25, 0.3) is 0 Å². The first-order chi connectivity index (χ1) is 5.83. The van der Waals surface area contributed by atoms with Crippen LogP contribution in [-0.2, 0) is 9.84 Å². The van der Waals surface area contributed by atoms with Crippen LogP contribution in [0.25, 0.3) is 0 Å². The van der Waals surface area contributed by atoms with E-state index in [-0.39, 0.29) is 17.3 Å². The highest BCUT2D eigenvalue weighted by atomic mass is 32.2. The second-order valence-corrected chi connectivity index (χ2v) is 6.70. The smallest absolute Gasteiger partial charge is 0.147 e. The molecule has 0 radical (unpaired) electrons. The maximum Gasteiger partial charge on any atom is 0.147 e. The average molecular weight is 206 g/mol. The van der Waals surface area contributed by atoms with Crippen LogP contribution >= 0.6 is 0 Å². The second kappa shape index (κ2) is 3.58. The Labute approximate surface area is 80.1 Å². The molecule has 0 aromatic rings. The third kappa shape index (κ3) is 3.65. The molecular weight excluding hydrogens is 188 g/mol. The van der Waals surface area contributed by atoms with Gasteiger partial charge in [0.15, 0.2) is 0 Å². The van der Waals surface area contributed by atoms with E-state index in [9.17, 15) is 13.5 Å². The fraction of sp³-hybridized carbons (Fsp3) is 1.00. The van der Waals surface area contributed by atoms with Crippen molar-refractivity contribution in [1.29, 1.82) is 0 Å². The molecule has 78 valence electrons. The SMILES string of the molecule is CC1(C(O)CCCS(C)(=O)=O)CC1. The van der Waals surface area contributed by atoms with E-state index in [0.717, 1.165) is 12.8 Å². The molecule has 0 spiro atoms. The van der Waals surface area contributed by atoms with Crippen molar-refractivity contribution in [3.05, 3.63) is 0 Å². The van der Waals surface area contributed by atoms with Crippen molar-refractivity contribution in [3.63, 3.8) is 0 Å². The van der Waals surface area contributed by atoms with Crippen molar-refractivity contribution in [2.45, 2.75) is 38.7 Å². The van der Waals surface area contributed by atoms with E-state index >= 15 is 0 Å². The van der Waals surface area contributed by atoms with Crippen LogP contribution in [0, 0.1) is 5.41 Å². The third-order valence-electron chi connectivity index (χ3n) is 2.84. The van der Waals surface area contributed by atoms with Crippen molar-refractivity contribution in [2.75, 3.05) is 12.0 Å². The fourth-order valence-corrected chi connectivity index (χ4v) is 2.11. The summed E-state index contributed by atoms with van der Waals surface area (Å²) in [6, 6.07) is 0. The third-order valence-corrected chi connectivity index (χ3v) is 3.87. The number of rotatable bonds is 5. The minimum atomic E-state index is -2.86. The molecule has 1 fully saturated rings. The molecule has 1 unspecified atom stereocenters. The zero-order chi connectivity index (χ0) is 10.1. The number of aliphatic hydroxyl groups is 1. The average Bonchev–Trinajstić information content (AvgIpc) is 2.66. The van der Waals surface area contributed by atoms with Crippen LogP contribution < -0.4 is 0 Å². The molecule has 0 aromatic carbocycles. The van der Waals surface area contributed by atoms with Gasteiger partial charge in [-0.2, -0.15) is 0 Å². The largest absolute Gasteiger partial charge is 0.393 e. The van der Waals surface area contributed by atoms with Crippen molar-refractivity contribution < 1.29 is 13.5 Å². The molecule has 1 rings (SSSR count). The topological polar surface area (TPSA) is 54.4 Å². The Hall–Kier alpha value is -0.0900. The summed E-state index contributed by atoms with van der Waals surface area (Å²) in [5.74, 6) is 0.195. The van der Waals surface area contributed by atoms with Crippen molar-refractivity contribution in [3.8, 4) is 0 Å². The number of hydrogen-bond acceptors (Lipinski definition) is 3. The summed E-state index contributed by atoms with van der Waals surface area (Å²) in [4.78, 5) is 0. The van der Waals surface area contributed by atoms with Crippen molar-refractivity contribution >= 4 is 9.84 Å². The molecule has 0 amide bonds. The molecule has 1 aliphatic rings. The van der Waals surface area contributed by atoms with E-state index in [0.29, 0.717) is 12.8 Å². The van der Waals surface area contributed by atoms with E-state index in [1.165, 1.54) is 6.26 Å². The summed E-state index contributed by atoms with van der Waals surface area (Å²) >= 11 is 0. The first-order valence-electron chi connectivity index (χ1n) is 4.69. The molecule has 3 nitrogen and oxygen atoms in total. The second-order valence-electron chi connectivity index (χ2n) is 4.44. The van der Waals surface area contributed by atoms with Gasteiger partial charge in [-0.05, 0) is 31.1 Å². The standard InChI is InChI=1S/C9H18O3S/c1-9(5-6-9)8(10)4-3-7-13(2,11)12/h8,10H,3-7H2,1-2H3. The van der Waals surface area contributed by atoms with E-state index < -0.39 is 9.84 Å². The normalized spacial score (nSPS) is 22.7. The Morgan fingerprint density at radius 2 is 2.00 bits per heavy atom. The lowest BCUT2D eigenvalue weighted by molar-refractivity contribution is 0.0937. The Balaban J connectivity index is 2.20. The lowest BCUT2D eigenvalue weighted by Gasteiger charge is -2.16. The Morgan fingerprint density at radius 3 is 2.38 bits per heavy atom. The van der Waals surface area contributed by atoms with Crippen LogP contribution in [-0.4, -0.2) is 31.6 Å². The number of hydrogen-bond donors (Lipinski definition) is 1. The number of sulfone groups is 1. The summed E-state index contributed by atoms with van der Waals surface area (Å²) in [6.07, 6.45) is 4.27. The van der Waals surface area contributed by atoms with Crippen LogP contribution in [0.3, 0.4) is 0 Å². The van der Waals surface area contributed by atoms with Crippen LogP contribution in [0.5, 0.6) is 0 Å². The molecule has 0 aromatic heterocycles. The minimum absolute atomic E-state index is 0.0947. The van der Waals surface area contributed by atoms with Gasteiger partial charge in [0.2, 0.25) is 0 Å². The van der Waals surface area contributed by atoms with Gasteiger partial charge in [0.05, 0.1) is 6.10 Å². The van der Waals surface area contributed by atoms with Gasteiger partial charge in [-0.1, -0.05) is 6.92 Å².